The molecule has 1 fully saturated rings. The third-order valence-electron chi connectivity index (χ3n) is 6.64. The molecule has 188 valence electrons. The van der Waals surface area contributed by atoms with E-state index in [1.54, 1.807) is 26.6 Å². The van der Waals surface area contributed by atoms with Crippen LogP contribution in [0.1, 0.15) is 5.56 Å². The van der Waals surface area contributed by atoms with E-state index < -0.39 is 0 Å². The maximum Gasteiger partial charge on any atom is 0.243 e. The fraction of sp³-hybridized carbons (Fsp3) is 0.250. The molecule has 6 rings (SSSR count). The molecule has 9 nitrogen and oxygen atoms in total. The van der Waals surface area contributed by atoms with Crippen molar-refractivity contribution in [1.29, 1.82) is 0 Å². The Balaban J connectivity index is 1.44. The minimum atomic E-state index is 0.391. The quantitative estimate of drug-likeness (QED) is 0.346. The Morgan fingerprint density at radius 1 is 0.865 bits per heavy atom. The molecular formula is C28H28N6O3. The van der Waals surface area contributed by atoms with Crippen LogP contribution < -0.4 is 24.4 Å². The number of H-pyrrole nitrogens is 1. The van der Waals surface area contributed by atoms with E-state index in [4.69, 9.17) is 24.2 Å². The van der Waals surface area contributed by atoms with Gasteiger partial charge in [0.05, 0.1) is 14.2 Å². The maximum atomic E-state index is 6.25. The van der Waals surface area contributed by atoms with E-state index in [0.717, 1.165) is 64.8 Å². The first kappa shape index (κ1) is 23.1. The number of methoxy groups -OCH3 is 2. The number of nitrogens with zero attached hydrogens (tertiary/aromatic N) is 4. The van der Waals surface area contributed by atoms with Crippen LogP contribution in [0.2, 0.25) is 0 Å². The second-order valence-electron chi connectivity index (χ2n) is 8.89. The zero-order chi connectivity index (χ0) is 25.2. The number of ether oxygens (including phenoxy) is 3. The first-order valence-corrected chi connectivity index (χ1v) is 12.3. The number of nitrogens with one attached hydrogen (secondary N) is 2. The Morgan fingerprint density at radius 2 is 1.62 bits per heavy atom. The highest BCUT2D eigenvalue weighted by Crippen LogP contribution is 2.36. The lowest BCUT2D eigenvalue weighted by Gasteiger charge is -2.27. The Morgan fingerprint density at radius 3 is 2.41 bits per heavy atom. The summed E-state index contributed by atoms with van der Waals surface area (Å²) in [6.07, 6.45) is 3.53. The van der Waals surface area contributed by atoms with Crippen LogP contribution in [0.25, 0.3) is 33.1 Å². The smallest absolute Gasteiger partial charge is 0.243 e. The minimum absolute atomic E-state index is 0.391. The van der Waals surface area contributed by atoms with Gasteiger partial charge in [-0.25, -0.2) is 4.98 Å². The van der Waals surface area contributed by atoms with Crippen LogP contribution >= 0.6 is 0 Å². The van der Waals surface area contributed by atoms with Crippen molar-refractivity contribution < 1.29 is 14.2 Å². The second-order valence-corrected chi connectivity index (χ2v) is 8.89. The summed E-state index contributed by atoms with van der Waals surface area (Å²) in [4.78, 5) is 19.6. The summed E-state index contributed by atoms with van der Waals surface area (Å²) < 4.78 is 17.2. The minimum Gasteiger partial charge on any atom is -0.493 e. The molecule has 0 unspecified atom stereocenters. The van der Waals surface area contributed by atoms with Crippen molar-refractivity contribution in [2.45, 2.75) is 6.61 Å². The van der Waals surface area contributed by atoms with Crippen molar-refractivity contribution in [1.82, 2.24) is 25.3 Å². The Labute approximate surface area is 214 Å². The summed E-state index contributed by atoms with van der Waals surface area (Å²) in [6, 6.07) is 16.1. The molecular weight excluding hydrogens is 468 g/mol. The normalized spacial score (nSPS) is 13.7. The summed E-state index contributed by atoms with van der Waals surface area (Å²) in [7, 11) is 3.28. The molecule has 0 amide bonds. The van der Waals surface area contributed by atoms with Gasteiger partial charge in [-0.3, -0.25) is 4.98 Å². The van der Waals surface area contributed by atoms with E-state index in [1.807, 2.05) is 30.3 Å². The van der Waals surface area contributed by atoms with E-state index in [2.05, 4.69) is 38.4 Å². The van der Waals surface area contributed by atoms with Crippen molar-refractivity contribution in [2.24, 2.45) is 0 Å². The number of hydrogen-bond acceptors (Lipinski definition) is 8. The van der Waals surface area contributed by atoms with E-state index >= 15 is 0 Å². The van der Waals surface area contributed by atoms with Crippen molar-refractivity contribution >= 4 is 27.9 Å². The molecule has 1 aliphatic heterocycles. The number of piperazine rings is 1. The molecule has 0 saturated carbocycles. The molecule has 9 heteroatoms. The molecule has 1 saturated heterocycles. The van der Waals surface area contributed by atoms with Gasteiger partial charge in [0.15, 0.2) is 11.5 Å². The van der Waals surface area contributed by atoms with Gasteiger partial charge in [-0.05, 0) is 47.0 Å². The van der Waals surface area contributed by atoms with Gasteiger partial charge in [0.2, 0.25) is 11.8 Å². The standard InChI is InChI=1S/C28H28N6O3/c1-35-23-6-4-20(16-24(23)36-2)19-3-5-21-22(15-19)31-26-25(21)32-28(34-13-11-30-12-14-34)33-27(26)37-17-18-7-9-29-10-8-18/h3-10,15-16,30-31H,11-14,17H2,1-2H3. The lowest BCUT2D eigenvalue weighted by atomic mass is 10.0. The number of fused-ring (bicyclic) bond motifs is 3. The molecule has 0 aliphatic carbocycles. The fourth-order valence-corrected chi connectivity index (χ4v) is 4.66. The monoisotopic (exact) mass is 496 g/mol. The molecule has 1 aliphatic rings. The zero-order valence-electron chi connectivity index (χ0n) is 20.8. The van der Waals surface area contributed by atoms with E-state index in [0.29, 0.717) is 29.9 Å². The van der Waals surface area contributed by atoms with Crippen LogP contribution in [0.3, 0.4) is 0 Å². The molecule has 2 N–H and O–H groups in total. The van der Waals surface area contributed by atoms with Gasteiger partial charge < -0.3 is 29.4 Å². The average molecular weight is 497 g/mol. The van der Waals surface area contributed by atoms with Crippen LogP contribution in [0.15, 0.2) is 60.9 Å². The summed E-state index contributed by atoms with van der Waals surface area (Å²) >= 11 is 0. The highest BCUT2D eigenvalue weighted by atomic mass is 16.5. The molecule has 0 spiro atoms. The zero-order valence-corrected chi connectivity index (χ0v) is 20.8. The average Bonchev–Trinajstić information content (AvgIpc) is 3.34. The highest BCUT2D eigenvalue weighted by molar-refractivity contribution is 6.07. The van der Waals surface area contributed by atoms with Crippen LogP contribution in [0, 0.1) is 0 Å². The van der Waals surface area contributed by atoms with Crippen LogP contribution in [-0.2, 0) is 6.61 Å². The van der Waals surface area contributed by atoms with Gasteiger partial charge in [0.25, 0.3) is 0 Å². The fourth-order valence-electron chi connectivity index (χ4n) is 4.66. The van der Waals surface area contributed by atoms with Gasteiger partial charge in [0, 0.05) is 49.5 Å². The molecule has 0 bridgehead atoms. The predicted molar refractivity (Wildman–Crippen MR) is 144 cm³/mol. The number of hydrogen-bond donors (Lipinski definition) is 2. The first-order chi connectivity index (χ1) is 18.2. The van der Waals surface area contributed by atoms with E-state index in [-0.39, 0.29) is 0 Å². The number of rotatable bonds is 7. The summed E-state index contributed by atoms with van der Waals surface area (Å²) in [5.41, 5.74) is 5.70. The van der Waals surface area contributed by atoms with Gasteiger partial charge in [-0.15, -0.1) is 0 Å². The third kappa shape index (κ3) is 4.49. The number of anilines is 1. The number of aromatic nitrogens is 4. The molecule has 0 atom stereocenters. The molecule has 5 aromatic rings. The summed E-state index contributed by atoms with van der Waals surface area (Å²) in [5.74, 6) is 2.61. The van der Waals surface area contributed by atoms with E-state index in [1.165, 1.54) is 0 Å². The van der Waals surface area contributed by atoms with Gasteiger partial charge in [-0.1, -0.05) is 18.2 Å². The molecule has 4 heterocycles. The van der Waals surface area contributed by atoms with E-state index in [9.17, 15) is 0 Å². The lowest BCUT2D eigenvalue weighted by molar-refractivity contribution is 0.297. The highest BCUT2D eigenvalue weighted by Gasteiger charge is 2.20. The van der Waals surface area contributed by atoms with Crippen molar-refractivity contribution in [3.8, 4) is 28.5 Å². The second kappa shape index (κ2) is 9.94. The number of pyridine rings is 1. The van der Waals surface area contributed by atoms with Crippen LogP contribution in [-0.4, -0.2) is 60.3 Å². The molecule has 37 heavy (non-hydrogen) atoms. The predicted octanol–water partition coefficient (Wildman–Crippen LogP) is 4.18. The van der Waals surface area contributed by atoms with Gasteiger partial charge in [0.1, 0.15) is 17.6 Å². The van der Waals surface area contributed by atoms with Crippen LogP contribution in [0.5, 0.6) is 17.4 Å². The Kier molecular flexibility index (Phi) is 6.20. The van der Waals surface area contributed by atoms with Crippen LogP contribution in [0.4, 0.5) is 5.95 Å². The first-order valence-electron chi connectivity index (χ1n) is 12.3. The molecule has 0 radical (unpaired) electrons. The van der Waals surface area contributed by atoms with Crippen molar-refractivity contribution in [3.63, 3.8) is 0 Å². The molecule has 3 aromatic heterocycles. The summed E-state index contributed by atoms with van der Waals surface area (Å²) in [5, 5.41) is 4.41. The van der Waals surface area contributed by atoms with Crippen molar-refractivity contribution in [2.75, 3.05) is 45.3 Å². The van der Waals surface area contributed by atoms with Gasteiger partial charge in [-0.2, -0.15) is 4.98 Å². The SMILES string of the molecule is COc1ccc(-c2ccc3c(c2)[nH]c2c(OCc4ccncc4)nc(N4CCNCC4)nc23)cc1OC. The summed E-state index contributed by atoms with van der Waals surface area (Å²) in [6.45, 7) is 3.89. The lowest BCUT2D eigenvalue weighted by Crippen LogP contribution is -2.44. The molecule has 2 aromatic carbocycles. The Hall–Kier alpha value is -4.37. The van der Waals surface area contributed by atoms with Crippen molar-refractivity contribution in [3.05, 3.63) is 66.5 Å². The largest absolute Gasteiger partial charge is 0.493 e. The Bertz CT molecular complexity index is 1550. The maximum absolute atomic E-state index is 6.25. The number of benzene rings is 2. The topological polar surface area (TPSA) is 97.4 Å². The third-order valence-corrected chi connectivity index (χ3v) is 6.64. The van der Waals surface area contributed by atoms with Gasteiger partial charge >= 0.3 is 0 Å². The number of aromatic amines is 1.